The van der Waals surface area contributed by atoms with Crippen LogP contribution < -0.4 is 16.0 Å². The van der Waals surface area contributed by atoms with Crippen LogP contribution in [0.25, 0.3) is 0 Å². The van der Waals surface area contributed by atoms with Crippen LogP contribution in [0, 0.1) is 0 Å². The first-order chi connectivity index (χ1) is 9.10. The van der Waals surface area contributed by atoms with E-state index in [0.717, 1.165) is 0 Å². The fourth-order valence-corrected chi connectivity index (χ4v) is 1.66. The van der Waals surface area contributed by atoms with Crippen molar-refractivity contribution in [1.82, 2.24) is 5.43 Å². The Hall–Kier alpha value is -1.69. The second-order valence-corrected chi connectivity index (χ2v) is 4.42. The molecular weight excluding hydrogens is 291 g/mol. The molecule has 1 amide bonds. The summed E-state index contributed by atoms with van der Waals surface area (Å²) in [4.78, 5) is 11.2. The Labute approximate surface area is 119 Å². The zero-order valence-corrected chi connectivity index (χ0v) is 11.2. The normalized spacial score (nSPS) is 10.3. The summed E-state index contributed by atoms with van der Waals surface area (Å²) in [5.41, 5.74) is 1.98. The Balaban J connectivity index is 2.00. The quantitative estimate of drug-likeness (QED) is 0.517. The average Bonchev–Trinajstić information content (AvgIpc) is 2.88. The summed E-state index contributed by atoms with van der Waals surface area (Å²) in [6.07, 6.45) is 0. The molecule has 0 saturated heterocycles. The van der Waals surface area contributed by atoms with Crippen molar-refractivity contribution in [2.45, 2.75) is 6.61 Å². The third-order valence-electron chi connectivity index (χ3n) is 2.29. The number of furan rings is 1. The topological polar surface area (TPSA) is 77.5 Å². The van der Waals surface area contributed by atoms with Crippen LogP contribution in [-0.2, 0) is 6.61 Å². The monoisotopic (exact) mass is 300 g/mol. The van der Waals surface area contributed by atoms with Crippen LogP contribution in [0.4, 0.5) is 0 Å². The van der Waals surface area contributed by atoms with Crippen molar-refractivity contribution in [3.05, 3.63) is 51.9 Å². The van der Waals surface area contributed by atoms with Crippen molar-refractivity contribution in [3.63, 3.8) is 0 Å². The molecule has 0 bridgehead atoms. The van der Waals surface area contributed by atoms with Crippen LogP contribution in [-0.4, -0.2) is 5.91 Å². The lowest BCUT2D eigenvalue weighted by Crippen LogP contribution is -2.29. The minimum atomic E-state index is -0.499. The van der Waals surface area contributed by atoms with Crippen molar-refractivity contribution in [1.29, 1.82) is 0 Å². The lowest BCUT2D eigenvalue weighted by atomic mass is 10.3. The van der Waals surface area contributed by atoms with Crippen molar-refractivity contribution >= 4 is 29.1 Å². The number of carbonyl (C=O) groups excluding carboxylic acids is 1. The molecule has 1 aromatic carbocycles. The molecule has 1 heterocycles. The lowest BCUT2D eigenvalue weighted by Gasteiger charge is -2.05. The summed E-state index contributed by atoms with van der Waals surface area (Å²) in [7, 11) is 0. The predicted molar refractivity (Wildman–Crippen MR) is 71.2 cm³/mol. The average molecular weight is 301 g/mol. The Kier molecular flexibility index (Phi) is 4.31. The number of hydrogen-bond donors (Lipinski definition) is 2. The van der Waals surface area contributed by atoms with Gasteiger partial charge < -0.3 is 9.15 Å². The molecule has 0 aliphatic heterocycles. The van der Waals surface area contributed by atoms with Gasteiger partial charge in [-0.3, -0.25) is 10.2 Å². The van der Waals surface area contributed by atoms with Crippen LogP contribution in [0.2, 0.25) is 10.0 Å². The molecule has 7 heteroatoms. The second kappa shape index (κ2) is 5.97. The van der Waals surface area contributed by atoms with Gasteiger partial charge in [0.05, 0.1) is 10.0 Å². The van der Waals surface area contributed by atoms with E-state index in [2.05, 4.69) is 0 Å². The highest BCUT2D eigenvalue weighted by molar-refractivity contribution is 6.42. The molecule has 0 fully saturated rings. The number of benzene rings is 1. The minimum absolute atomic E-state index is 0.121. The number of hydrazine groups is 1. The van der Waals surface area contributed by atoms with E-state index >= 15 is 0 Å². The molecule has 0 saturated carbocycles. The van der Waals surface area contributed by atoms with E-state index in [9.17, 15) is 4.79 Å². The molecule has 3 N–H and O–H groups in total. The van der Waals surface area contributed by atoms with Gasteiger partial charge in [-0.2, -0.15) is 0 Å². The summed E-state index contributed by atoms with van der Waals surface area (Å²) in [6.45, 7) is 0.163. The van der Waals surface area contributed by atoms with Crippen molar-refractivity contribution in [3.8, 4) is 5.75 Å². The number of nitrogens with one attached hydrogen (secondary N) is 1. The van der Waals surface area contributed by atoms with Gasteiger partial charge in [-0.1, -0.05) is 23.2 Å². The van der Waals surface area contributed by atoms with Gasteiger partial charge in [0.1, 0.15) is 18.1 Å². The summed E-state index contributed by atoms with van der Waals surface area (Å²) in [6, 6.07) is 8.05. The Morgan fingerprint density at radius 3 is 2.74 bits per heavy atom. The number of rotatable bonds is 4. The van der Waals surface area contributed by atoms with Crippen LogP contribution in [0.15, 0.2) is 34.7 Å². The zero-order chi connectivity index (χ0) is 13.8. The second-order valence-electron chi connectivity index (χ2n) is 3.60. The molecule has 0 spiro atoms. The number of nitrogen functional groups attached to an aromatic ring is 1. The van der Waals surface area contributed by atoms with E-state index in [1.165, 1.54) is 6.07 Å². The molecule has 2 rings (SSSR count). The van der Waals surface area contributed by atoms with Gasteiger partial charge in [-0.05, 0) is 24.3 Å². The first kappa shape index (κ1) is 13.7. The number of amides is 1. The molecular formula is C12H10Cl2N2O3. The maximum atomic E-state index is 11.2. The van der Waals surface area contributed by atoms with Gasteiger partial charge in [-0.15, -0.1) is 0 Å². The number of ether oxygens (including phenoxy) is 1. The van der Waals surface area contributed by atoms with Gasteiger partial charge in [0.15, 0.2) is 5.76 Å². The van der Waals surface area contributed by atoms with E-state index < -0.39 is 5.91 Å². The zero-order valence-electron chi connectivity index (χ0n) is 9.65. The summed E-state index contributed by atoms with van der Waals surface area (Å²) < 4.78 is 10.7. The van der Waals surface area contributed by atoms with Crippen molar-refractivity contribution < 1.29 is 13.9 Å². The first-order valence-electron chi connectivity index (χ1n) is 5.27. The van der Waals surface area contributed by atoms with Crippen LogP contribution >= 0.6 is 23.2 Å². The molecule has 2 aromatic rings. The third-order valence-corrected chi connectivity index (χ3v) is 3.03. The number of halogens is 2. The van der Waals surface area contributed by atoms with Gasteiger partial charge in [-0.25, -0.2) is 5.84 Å². The molecule has 0 aliphatic carbocycles. The SMILES string of the molecule is NNC(=O)c1ccc(COc2ccc(Cl)c(Cl)c2)o1. The third kappa shape index (κ3) is 3.41. The highest BCUT2D eigenvalue weighted by Gasteiger charge is 2.10. The Morgan fingerprint density at radius 2 is 2.05 bits per heavy atom. The highest BCUT2D eigenvalue weighted by Crippen LogP contribution is 2.26. The molecule has 19 heavy (non-hydrogen) atoms. The summed E-state index contributed by atoms with van der Waals surface area (Å²) in [5, 5.41) is 0.857. The maximum absolute atomic E-state index is 11.2. The van der Waals surface area contributed by atoms with Crippen LogP contribution in [0.3, 0.4) is 0 Å². The molecule has 0 unspecified atom stereocenters. The van der Waals surface area contributed by atoms with Crippen LogP contribution in [0.5, 0.6) is 5.75 Å². The molecule has 0 aliphatic rings. The van der Waals surface area contributed by atoms with E-state index in [0.29, 0.717) is 21.6 Å². The predicted octanol–water partition coefficient (Wildman–Crippen LogP) is 2.77. The number of hydrogen-bond acceptors (Lipinski definition) is 4. The van der Waals surface area contributed by atoms with Gasteiger partial charge in [0.25, 0.3) is 0 Å². The largest absolute Gasteiger partial charge is 0.486 e. The Morgan fingerprint density at radius 1 is 1.26 bits per heavy atom. The van der Waals surface area contributed by atoms with Crippen molar-refractivity contribution in [2.75, 3.05) is 0 Å². The van der Waals surface area contributed by atoms with Crippen molar-refractivity contribution in [2.24, 2.45) is 5.84 Å². The molecule has 1 aromatic heterocycles. The summed E-state index contributed by atoms with van der Waals surface area (Å²) in [5.74, 6) is 5.65. The van der Waals surface area contributed by atoms with Gasteiger partial charge >= 0.3 is 5.91 Å². The Bertz CT molecular complexity index is 598. The smallest absolute Gasteiger partial charge is 0.300 e. The van der Waals surface area contributed by atoms with E-state index in [-0.39, 0.29) is 12.4 Å². The number of carbonyl (C=O) groups is 1. The first-order valence-corrected chi connectivity index (χ1v) is 6.03. The molecule has 5 nitrogen and oxygen atoms in total. The lowest BCUT2D eigenvalue weighted by molar-refractivity contribution is 0.0922. The number of nitrogens with two attached hydrogens (primary N) is 1. The van der Waals surface area contributed by atoms with E-state index in [1.54, 1.807) is 24.3 Å². The van der Waals surface area contributed by atoms with Crippen LogP contribution in [0.1, 0.15) is 16.3 Å². The summed E-state index contributed by atoms with van der Waals surface area (Å²) >= 11 is 11.6. The van der Waals surface area contributed by atoms with E-state index in [4.69, 9.17) is 38.2 Å². The standard InChI is InChI=1S/C12H10Cl2N2O3/c13-9-3-1-7(5-10(9)14)18-6-8-2-4-11(19-8)12(17)16-15/h1-5H,6,15H2,(H,16,17). The highest BCUT2D eigenvalue weighted by atomic mass is 35.5. The fraction of sp³-hybridized carbons (Fsp3) is 0.0833. The van der Waals surface area contributed by atoms with E-state index in [1.807, 2.05) is 5.43 Å². The molecule has 0 atom stereocenters. The maximum Gasteiger partial charge on any atom is 0.300 e. The fourth-order valence-electron chi connectivity index (χ4n) is 1.37. The molecule has 0 radical (unpaired) electrons. The minimum Gasteiger partial charge on any atom is -0.486 e. The van der Waals surface area contributed by atoms with Gasteiger partial charge in [0, 0.05) is 6.07 Å². The molecule has 100 valence electrons. The van der Waals surface area contributed by atoms with Gasteiger partial charge in [0.2, 0.25) is 0 Å².